The third kappa shape index (κ3) is 9.63. The Morgan fingerprint density at radius 2 is 0.871 bits per heavy atom. The van der Waals surface area contributed by atoms with Gasteiger partial charge in [0.25, 0.3) is 0 Å². The first-order valence-electron chi connectivity index (χ1n) is 12.4. The molecule has 2 rings (SSSR count). The lowest BCUT2D eigenvalue weighted by Gasteiger charge is -2.06. The molecule has 0 aromatic heterocycles. The van der Waals surface area contributed by atoms with Crippen LogP contribution in [0.5, 0.6) is 0 Å². The van der Waals surface area contributed by atoms with Crippen molar-refractivity contribution < 1.29 is 9.59 Å². The van der Waals surface area contributed by atoms with Gasteiger partial charge in [-0.05, 0) is 36.8 Å². The van der Waals surface area contributed by atoms with E-state index in [9.17, 15) is 9.59 Å². The summed E-state index contributed by atoms with van der Waals surface area (Å²) in [5.41, 5.74) is 3.80. The topological polar surface area (TPSA) is 34.1 Å². The van der Waals surface area contributed by atoms with Crippen molar-refractivity contribution in [3.05, 3.63) is 70.8 Å². The van der Waals surface area contributed by atoms with E-state index in [1.165, 1.54) is 75.3 Å². The van der Waals surface area contributed by atoms with Crippen LogP contribution in [0.15, 0.2) is 48.5 Å². The van der Waals surface area contributed by atoms with E-state index >= 15 is 0 Å². The van der Waals surface area contributed by atoms with Crippen LogP contribution in [0.4, 0.5) is 0 Å². The van der Waals surface area contributed by atoms with Crippen LogP contribution in [-0.2, 0) is 12.8 Å². The Morgan fingerprint density at radius 1 is 0.516 bits per heavy atom. The quantitative estimate of drug-likeness (QED) is 0.156. The number of hydrogen-bond donors (Lipinski definition) is 0. The molecule has 2 heteroatoms. The largest absolute Gasteiger partial charge is 0.294 e. The molecule has 2 aromatic rings. The van der Waals surface area contributed by atoms with Crippen LogP contribution in [0.3, 0.4) is 0 Å². The summed E-state index contributed by atoms with van der Waals surface area (Å²) in [6, 6.07) is 15.6. The molecule has 0 bridgehead atoms. The third-order valence-corrected chi connectivity index (χ3v) is 6.01. The Hall–Kier alpha value is -2.22. The molecule has 168 valence electrons. The molecule has 0 N–H and O–H groups in total. The molecule has 0 aliphatic rings. The molecule has 0 saturated carbocycles. The second-order valence-electron chi connectivity index (χ2n) is 8.75. The van der Waals surface area contributed by atoms with Gasteiger partial charge >= 0.3 is 0 Å². The van der Waals surface area contributed by atoms with E-state index in [4.69, 9.17) is 0 Å². The summed E-state index contributed by atoms with van der Waals surface area (Å²) >= 11 is 0. The first-order chi connectivity index (χ1) is 15.1. The second-order valence-corrected chi connectivity index (χ2v) is 8.75. The molecular weight excluding hydrogens is 380 g/mol. The van der Waals surface area contributed by atoms with Crippen molar-refractivity contribution in [2.24, 2.45) is 0 Å². The van der Waals surface area contributed by atoms with Crippen LogP contribution in [0, 0.1) is 0 Å². The lowest BCUT2D eigenvalue weighted by atomic mass is 9.98. The predicted molar refractivity (Wildman–Crippen MR) is 131 cm³/mol. The highest BCUT2D eigenvalue weighted by molar-refractivity contribution is 6.13. The van der Waals surface area contributed by atoms with E-state index in [2.05, 4.69) is 13.8 Å². The average molecular weight is 421 g/mol. The smallest absolute Gasteiger partial charge is 0.170 e. The van der Waals surface area contributed by atoms with Crippen LogP contribution >= 0.6 is 0 Å². The molecule has 0 amide bonds. The molecule has 2 aromatic carbocycles. The van der Waals surface area contributed by atoms with Crippen molar-refractivity contribution in [2.75, 3.05) is 0 Å². The van der Waals surface area contributed by atoms with Gasteiger partial charge in [0.05, 0.1) is 6.42 Å². The zero-order chi connectivity index (χ0) is 22.3. The fraction of sp³-hybridized carbons (Fsp3) is 0.517. The molecule has 0 unspecified atom stereocenters. The van der Waals surface area contributed by atoms with Crippen molar-refractivity contribution in [3.8, 4) is 0 Å². The van der Waals surface area contributed by atoms with Crippen LogP contribution < -0.4 is 0 Å². The molecule has 0 atom stereocenters. The van der Waals surface area contributed by atoms with Crippen LogP contribution in [0.2, 0.25) is 0 Å². The highest BCUT2D eigenvalue weighted by Crippen LogP contribution is 2.15. The molecule has 0 radical (unpaired) electrons. The summed E-state index contributed by atoms with van der Waals surface area (Å²) in [6.45, 7) is 4.45. The molecule has 31 heavy (non-hydrogen) atoms. The standard InChI is InChI=1S/C29H40O2/c1-3-5-7-9-10-12-14-25-17-21-27(22-18-25)29(31)23-28(30)26-19-15-24(16-20-26)13-11-8-6-4-2/h15-22H,3-14,23H2,1-2H3. The summed E-state index contributed by atoms with van der Waals surface area (Å²) in [5.74, 6) is -0.196. The molecule has 0 aliphatic heterocycles. The van der Waals surface area contributed by atoms with E-state index in [1.807, 2.05) is 48.5 Å². The van der Waals surface area contributed by atoms with Crippen molar-refractivity contribution in [1.29, 1.82) is 0 Å². The average Bonchev–Trinajstić information content (AvgIpc) is 2.80. The van der Waals surface area contributed by atoms with Gasteiger partial charge < -0.3 is 0 Å². The number of Topliss-reactive ketones (excluding diaryl/α,β-unsaturated/α-hetero) is 2. The first-order valence-corrected chi connectivity index (χ1v) is 12.4. The number of aryl methyl sites for hydroxylation is 2. The number of benzene rings is 2. The Balaban J connectivity index is 1.77. The molecular formula is C29H40O2. The van der Waals surface area contributed by atoms with E-state index < -0.39 is 0 Å². The summed E-state index contributed by atoms with van der Waals surface area (Å²) in [6.07, 6.45) is 14.7. The minimum absolute atomic E-state index is 0.0629. The van der Waals surface area contributed by atoms with Crippen molar-refractivity contribution in [2.45, 2.75) is 97.3 Å². The van der Waals surface area contributed by atoms with E-state index in [0.717, 1.165) is 12.8 Å². The Kier molecular flexibility index (Phi) is 11.9. The van der Waals surface area contributed by atoms with Gasteiger partial charge in [0.15, 0.2) is 11.6 Å². The predicted octanol–water partition coefficient (Wildman–Crippen LogP) is 8.17. The maximum atomic E-state index is 12.5. The first kappa shape index (κ1) is 25.0. The molecule has 0 spiro atoms. The minimum Gasteiger partial charge on any atom is -0.294 e. The number of carbonyl (C=O) groups excluding carboxylic acids is 2. The minimum atomic E-state index is -0.0984. The lowest BCUT2D eigenvalue weighted by molar-refractivity contribution is 0.0894. The maximum Gasteiger partial charge on any atom is 0.170 e. The van der Waals surface area contributed by atoms with Gasteiger partial charge in [-0.3, -0.25) is 9.59 Å². The maximum absolute atomic E-state index is 12.5. The number of ketones is 2. The van der Waals surface area contributed by atoms with Crippen LogP contribution in [0.25, 0.3) is 0 Å². The number of rotatable bonds is 16. The SMILES string of the molecule is CCCCCCCCc1ccc(C(=O)CC(=O)c2ccc(CCCCCC)cc2)cc1. The van der Waals surface area contributed by atoms with Crippen molar-refractivity contribution in [3.63, 3.8) is 0 Å². The fourth-order valence-corrected chi connectivity index (χ4v) is 3.93. The Bertz CT molecular complexity index is 771. The van der Waals surface area contributed by atoms with Gasteiger partial charge in [-0.2, -0.15) is 0 Å². The Labute approximate surface area is 189 Å². The highest BCUT2D eigenvalue weighted by Gasteiger charge is 2.14. The lowest BCUT2D eigenvalue weighted by Crippen LogP contribution is -2.08. The monoisotopic (exact) mass is 420 g/mol. The summed E-state index contributed by atoms with van der Waals surface area (Å²) in [7, 11) is 0. The summed E-state index contributed by atoms with van der Waals surface area (Å²) < 4.78 is 0. The number of hydrogen-bond acceptors (Lipinski definition) is 2. The molecule has 0 saturated heterocycles. The van der Waals surface area contributed by atoms with Crippen LogP contribution in [-0.4, -0.2) is 11.6 Å². The highest BCUT2D eigenvalue weighted by atomic mass is 16.1. The Morgan fingerprint density at radius 3 is 1.29 bits per heavy atom. The zero-order valence-corrected chi connectivity index (χ0v) is 19.6. The number of carbonyl (C=O) groups is 2. The molecule has 2 nitrogen and oxygen atoms in total. The van der Waals surface area contributed by atoms with E-state index in [-0.39, 0.29) is 18.0 Å². The molecule has 0 heterocycles. The van der Waals surface area contributed by atoms with Gasteiger partial charge in [-0.1, -0.05) is 114 Å². The van der Waals surface area contributed by atoms with E-state index in [1.54, 1.807) is 0 Å². The van der Waals surface area contributed by atoms with Crippen molar-refractivity contribution in [1.82, 2.24) is 0 Å². The van der Waals surface area contributed by atoms with Gasteiger partial charge in [0.1, 0.15) is 0 Å². The van der Waals surface area contributed by atoms with E-state index in [0.29, 0.717) is 11.1 Å². The fourth-order valence-electron chi connectivity index (χ4n) is 3.93. The van der Waals surface area contributed by atoms with Gasteiger partial charge in [0, 0.05) is 11.1 Å². The van der Waals surface area contributed by atoms with Crippen molar-refractivity contribution >= 4 is 11.6 Å². The van der Waals surface area contributed by atoms with Gasteiger partial charge in [-0.25, -0.2) is 0 Å². The molecule has 0 fully saturated rings. The van der Waals surface area contributed by atoms with Crippen LogP contribution in [0.1, 0.15) is 116 Å². The number of unbranched alkanes of at least 4 members (excludes halogenated alkanes) is 8. The van der Waals surface area contributed by atoms with Gasteiger partial charge in [-0.15, -0.1) is 0 Å². The normalized spacial score (nSPS) is 10.9. The second kappa shape index (κ2) is 14.7. The summed E-state index contributed by atoms with van der Waals surface area (Å²) in [4.78, 5) is 25.1. The third-order valence-electron chi connectivity index (χ3n) is 6.01. The van der Waals surface area contributed by atoms with Gasteiger partial charge in [0.2, 0.25) is 0 Å². The summed E-state index contributed by atoms with van der Waals surface area (Å²) in [5, 5.41) is 0. The molecule has 0 aliphatic carbocycles. The zero-order valence-electron chi connectivity index (χ0n) is 19.6.